The Balaban J connectivity index is 3.84. The largest absolute Gasteiger partial charge is 0.472 e. The molecular formula is C57H106NO8P. The topological polar surface area (TPSA) is 134 Å². The zero-order valence-electron chi connectivity index (χ0n) is 43.6. The molecule has 0 aliphatic carbocycles. The summed E-state index contributed by atoms with van der Waals surface area (Å²) in [6.45, 7) is 3.66. The lowest BCUT2D eigenvalue weighted by Crippen LogP contribution is -2.29. The molecule has 0 aromatic heterocycles. The van der Waals surface area contributed by atoms with Crippen molar-refractivity contribution >= 4 is 19.8 Å². The van der Waals surface area contributed by atoms with E-state index >= 15 is 0 Å². The molecule has 67 heavy (non-hydrogen) atoms. The van der Waals surface area contributed by atoms with Gasteiger partial charge in [0.05, 0.1) is 13.2 Å². The molecule has 0 rings (SSSR count). The molecule has 0 spiro atoms. The van der Waals surface area contributed by atoms with Gasteiger partial charge in [-0.05, 0) is 51.4 Å². The number of phosphoric acid groups is 1. The van der Waals surface area contributed by atoms with Crippen LogP contribution < -0.4 is 5.73 Å². The van der Waals surface area contributed by atoms with Gasteiger partial charge in [0.15, 0.2) is 6.10 Å². The van der Waals surface area contributed by atoms with Crippen LogP contribution in [0.4, 0.5) is 0 Å². The second-order valence-electron chi connectivity index (χ2n) is 18.8. The van der Waals surface area contributed by atoms with E-state index in [2.05, 4.69) is 62.5 Å². The minimum atomic E-state index is -4.38. The number of hydrogen-bond acceptors (Lipinski definition) is 8. The molecule has 0 aliphatic rings. The fourth-order valence-electron chi connectivity index (χ4n) is 8.10. The highest BCUT2D eigenvalue weighted by Gasteiger charge is 2.26. The quantitative estimate of drug-likeness (QED) is 0.0264. The van der Waals surface area contributed by atoms with Gasteiger partial charge in [-0.1, -0.05) is 255 Å². The van der Waals surface area contributed by atoms with Crippen molar-refractivity contribution in [2.75, 3.05) is 26.4 Å². The average molecular weight is 964 g/mol. The van der Waals surface area contributed by atoms with Crippen LogP contribution in [0.2, 0.25) is 0 Å². The van der Waals surface area contributed by atoms with E-state index in [0.29, 0.717) is 6.42 Å². The van der Waals surface area contributed by atoms with Gasteiger partial charge < -0.3 is 20.1 Å². The molecule has 2 unspecified atom stereocenters. The standard InChI is InChI=1S/C57H106NO8P/c1-3-5-7-9-11-13-15-17-18-19-20-21-22-23-24-25-26-27-28-29-30-31-32-33-34-35-36-38-40-42-44-46-48-50-57(60)66-55(54-65-67(61,62)64-52-51-58)53-63-56(59)49-47-45-43-41-39-37-16-14-12-10-8-6-4-2/h5,7,11,13,17-18,20-21,55H,3-4,6,8-10,12,14-16,19,22-54,58H2,1-2H3,(H,61,62)/b7-5-,13-11-,18-17-,21-20-. The van der Waals surface area contributed by atoms with Crippen molar-refractivity contribution in [3.8, 4) is 0 Å². The summed E-state index contributed by atoms with van der Waals surface area (Å²) in [7, 11) is -4.38. The molecule has 0 aromatic rings. The van der Waals surface area contributed by atoms with E-state index in [-0.39, 0.29) is 38.6 Å². The van der Waals surface area contributed by atoms with Gasteiger partial charge in [0.25, 0.3) is 0 Å². The summed E-state index contributed by atoms with van der Waals surface area (Å²) in [5.74, 6) is -0.814. The lowest BCUT2D eigenvalue weighted by molar-refractivity contribution is -0.161. The van der Waals surface area contributed by atoms with Crippen molar-refractivity contribution in [3.63, 3.8) is 0 Å². The predicted octanol–water partition coefficient (Wildman–Crippen LogP) is 17.4. The molecule has 392 valence electrons. The van der Waals surface area contributed by atoms with Crippen molar-refractivity contribution < 1.29 is 37.6 Å². The first-order valence-electron chi connectivity index (χ1n) is 28.1. The summed E-state index contributed by atoms with van der Waals surface area (Å²) in [6, 6.07) is 0. The number of esters is 2. The zero-order chi connectivity index (χ0) is 48.8. The van der Waals surface area contributed by atoms with Crippen LogP contribution in [0.15, 0.2) is 48.6 Å². The van der Waals surface area contributed by atoms with Crippen LogP contribution in [-0.4, -0.2) is 49.3 Å². The Morgan fingerprint density at radius 1 is 0.463 bits per heavy atom. The van der Waals surface area contributed by atoms with E-state index in [9.17, 15) is 19.0 Å². The number of unbranched alkanes of at least 4 members (excludes halogenated alkanes) is 32. The molecule has 0 aliphatic heterocycles. The summed E-state index contributed by atoms with van der Waals surface area (Å²) >= 11 is 0. The van der Waals surface area contributed by atoms with Crippen LogP contribution in [0.3, 0.4) is 0 Å². The highest BCUT2D eigenvalue weighted by Crippen LogP contribution is 2.43. The van der Waals surface area contributed by atoms with Crippen molar-refractivity contribution in [1.29, 1.82) is 0 Å². The van der Waals surface area contributed by atoms with Crippen molar-refractivity contribution in [2.45, 2.75) is 277 Å². The number of carbonyl (C=O) groups excluding carboxylic acids is 2. The van der Waals surface area contributed by atoms with Gasteiger partial charge in [-0.2, -0.15) is 0 Å². The lowest BCUT2D eigenvalue weighted by atomic mass is 10.0. The fourth-order valence-corrected chi connectivity index (χ4v) is 8.87. The number of phosphoric ester groups is 1. The van der Waals surface area contributed by atoms with E-state index in [1.165, 1.54) is 180 Å². The maximum Gasteiger partial charge on any atom is 0.472 e. The van der Waals surface area contributed by atoms with Crippen LogP contribution in [0.1, 0.15) is 271 Å². The normalized spacial score (nSPS) is 13.4. The molecule has 0 bridgehead atoms. The summed E-state index contributed by atoms with van der Waals surface area (Å²) < 4.78 is 33.0. The van der Waals surface area contributed by atoms with E-state index in [0.717, 1.165) is 57.8 Å². The Labute approximate surface area is 413 Å². The molecule has 0 radical (unpaired) electrons. The van der Waals surface area contributed by atoms with Crippen LogP contribution in [-0.2, 0) is 32.7 Å². The Hall–Kier alpha value is -2.03. The minimum absolute atomic E-state index is 0.0554. The Bertz CT molecular complexity index is 1240. The second-order valence-corrected chi connectivity index (χ2v) is 20.2. The first-order chi connectivity index (χ1) is 32.8. The monoisotopic (exact) mass is 964 g/mol. The molecule has 0 saturated heterocycles. The molecule has 0 saturated carbocycles. The van der Waals surface area contributed by atoms with Gasteiger partial charge in [-0.3, -0.25) is 18.6 Å². The Morgan fingerprint density at radius 3 is 1.22 bits per heavy atom. The molecule has 10 heteroatoms. The van der Waals surface area contributed by atoms with Gasteiger partial charge in [0.2, 0.25) is 0 Å². The second kappa shape index (κ2) is 53.3. The van der Waals surface area contributed by atoms with Gasteiger partial charge in [0, 0.05) is 19.4 Å². The number of carbonyl (C=O) groups is 2. The molecule has 0 heterocycles. The van der Waals surface area contributed by atoms with E-state index in [1.807, 2.05) is 0 Å². The smallest absolute Gasteiger partial charge is 0.462 e. The lowest BCUT2D eigenvalue weighted by Gasteiger charge is -2.19. The molecule has 0 fully saturated rings. The third-order valence-corrected chi connectivity index (χ3v) is 13.2. The fraction of sp³-hybridized carbons (Fsp3) is 0.825. The van der Waals surface area contributed by atoms with Gasteiger partial charge in [0.1, 0.15) is 6.61 Å². The van der Waals surface area contributed by atoms with Crippen molar-refractivity contribution in [3.05, 3.63) is 48.6 Å². The summed E-state index contributed by atoms with van der Waals surface area (Å²) in [4.78, 5) is 35.1. The first kappa shape index (κ1) is 65.0. The van der Waals surface area contributed by atoms with E-state index in [4.69, 9.17) is 24.3 Å². The number of hydrogen-bond donors (Lipinski definition) is 2. The third kappa shape index (κ3) is 53.2. The first-order valence-corrected chi connectivity index (χ1v) is 29.6. The SMILES string of the molecule is CC/C=C\C/C=C\C/C=C\C/C=C\CCCCCCCCCCCCCCCCCCCCCCC(=O)OC(COC(=O)CCCCCCCCCCCCCCC)COP(=O)(O)OCCN. The molecular weight excluding hydrogens is 858 g/mol. The molecule has 9 nitrogen and oxygen atoms in total. The van der Waals surface area contributed by atoms with Gasteiger partial charge in [-0.15, -0.1) is 0 Å². The zero-order valence-corrected chi connectivity index (χ0v) is 44.5. The minimum Gasteiger partial charge on any atom is -0.462 e. The summed E-state index contributed by atoms with van der Waals surface area (Å²) in [5, 5.41) is 0. The highest BCUT2D eigenvalue weighted by atomic mass is 31.2. The maximum absolute atomic E-state index is 12.7. The molecule has 3 N–H and O–H groups in total. The Morgan fingerprint density at radius 2 is 0.821 bits per heavy atom. The summed E-state index contributed by atoms with van der Waals surface area (Å²) in [6.07, 6.45) is 64.6. The number of nitrogens with two attached hydrogens (primary N) is 1. The maximum atomic E-state index is 12.7. The Kier molecular flexibility index (Phi) is 51.7. The summed E-state index contributed by atoms with van der Waals surface area (Å²) in [5.41, 5.74) is 5.37. The van der Waals surface area contributed by atoms with Gasteiger partial charge in [-0.25, -0.2) is 4.57 Å². The molecule has 0 aromatic carbocycles. The van der Waals surface area contributed by atoms with Gasteiger partial charge >= 0.3 is 19.8 Å². The van der Waals surface area contributed by atoms with E-state index < -0.39 is 26.5 Å². The third-order valence-electron chi connectivity index (χ3n) is 12.2. The number of allylic oxidation sites excluding steroid dienone is 8. The van der Waals surface area contributed by atoms with Crippen LogP contribution in [0.5, 0.6) is 0 Å². The van der Waals surface area contributed by atoms with E-state index in [1.54, 1.807) is 0 Å². The molecule has 2 atom stereocenters. The predicted molar refractivity (Wildman–Crippen MR) is 284 cm³/mol. The molecule has 0 amide bonds. The van der Waals surface area contributed by atoms with Crippen LogP contribution in [0, 0.1) is 0 Å². The number of rotatable bonds is 53. The van der Waals surface area contributed by atoms with Crippen LogP contribution >= 0.6 is 7.82 Å². The van der Waals surface area contributed by atoms with Crippen molar-refractivity contribution in [2.24, 2.45) is 5.73 Å². The van der Waals surface area contributed by atoms with Crippen molar-refractivity contribution in [1.82, 2.24) is 0 Å². The highest BCUT2D eigenvalue weighted by molar-refractivity contribution is 7.47. The average Bonchev–Trinajstić information content (AvgIpc) is 3.32. The number of ether oxygens (including phenoxy) is 2. The van der Waals surface area contributed by atoms with Crippen LogP contribution in [0.25, 0.3) is 0 Å².